The van der Waals surface area contributed by atoms with Gasteiger partial charge in [-0.1, -0.05) is 41.5 Å². The molecule has 34 heavy (non-hydrogen) atoms. The van der Waals surface area contributed by atoms with Gasteiger partial charge in [-0.2, -0.15) is 0 Å². The van der Waals surface area contributed by atoms with Gasteiger partial charge in [-0.3, -0.25) is 4.79 Å². The molecule has 5 heteroatoms. The van der Waals surface area contributed by atoms with E-state index < -0.39 is 24.4 Å². The molecule has 4 N–H and O–H groups in total. The highest BCUT2D eigenvalue weighted by Crippen LogP contribution is 2.67. The quantitative estimate of drug-likeness (QED) is 0.475. The summed E-state index contributed by atoms with van der Waals surface area (Å²) in [6.07, 6.45) is 3.67. The monoisotopic (exact) mass is 478 g/mol. The van der Waals surface area contributed by atoms with Crippen molar-refractivity contribution in [2.75, 3.05) is 0 Å². The molecule has 0 aliphatic heterocycles. The molecule has 0 unspecified atom stereocenters. The van der Waals surface area contributed by atoms with Crippen LogP contribution < -0.4 is 0 Å². The summed E-state index contributed by atoms with van der Waals surface area (Å²) in [6.45, 7) is 13.0. The summed E-state index contributed by atoms with van der Waals surface area (Å²) in [5, 5.41) is 43.0. The fourth-order valence-corrected chi connectivity index (χ4v) is 9.41. The Kier molecular flexibility index (Phi) is 7.37. The smallest absolute Gasteiger partial charge is 0.133 e. The summed E-state index contributed by atoms with van der Waals surface area (Å²) >= 11 is 0. The van der Waals surface area contributed by atoms with Gasteiger partial charge in [0.05, 0.1) is 24.4 Å². The molecule has 5 nitrogen and oxygen atoms in total. The Morgan fingerprint density at radius 1 is 0.853 bits per heavy atom. The van der Waals surface area contributed by atoms with Crippen molar-refractivity contribution in [1.29, 1.82) is 0 Å². The Morgan fingerprint density at radius 2 is 1.50 bits per heavy atom. The first kappa shape index (κ1) is 26.6. The summed E-state index contributed by atoms with van der Waals surface area (Å²) in [5.41, 5.74) is -0.0471. The average molecular weight is 479 g/mol. The number of carbonyl (C=O) groups is 1. The third-order valence-corrected chi connectivity index (χ3v) is 12.0. The molecule has 0 spiro atoms. The summed E-state index contributed by atoms with van der Waals surface area (Å²) < 4.78 is 0. The third-order valence-electron chi connectivity index (χ3n) is 12.0. The summed E-state index contributed by atoms with van der Waals surface area (Å²) in [5.74, 6) is 2.35. The van der Waals surface area contributed by atoms with Gasteiger partial charge in [-0.15, -0.1) is 0 Å². The first-order chi connectivity index (χ1) is 15.8. The van der Waals surface area contributed by atoms with Gasteiger partial charge in [0.25, 0.3) is 0 Å². The van der Waals surface area contributed by atoms with E-state index in [1.54, 1.807) is 0 Å². The second-order valence-electron chi connectivity index (χ2n) is 13.8. The second-order valence-corrected chi connectivity index (χ2v) is 13.8. The maximum absolute atomic E-state index is 13.2. The van der Waals surface area contributed by atoms with Gasteiger partial charge in [0, 0.05) is 12.8 Å². The molecular formula is C29H50O5. The second kappa shape index (κ2) is 9.43. The molecule has 0 bridgehead atoms. The number of hydrogen-bond acceptors (Lipinski definition) is 5. The topological polar surface area (TPSA) is 98.0 Å². The molecule has 0 heterocycles. The molecule has 0 saturated heterocycles. The number of aliphatic hydroxyl groups excluding tert-OH is 4. The van der Waals surface area contributed by atoms with Crippen LogP contribution in [-0.4, -0.2) is 50.6 Å². The molecule has 4 rings (SSSR count). The van der Waals surface area contributed by atoms with Gasteiger partial charge < -0.3 is 20.4 Å². The molecule has 0 aromatic rings. The van der Waals surface area contributed by atoms with Crippen molar-refractivity contribution < 1.29 is 25.2 Å². The van der Waals surface area contributed by atoms with E-state index >= 15 is 0 Å². The normalized spacial score (nSPS) is 48.3. The maximum atomic E-state index is 13.2. The zero-order valence-electron chi connectivity index (χ0n) is 22.3. The molecule has 4 saturated carbocycles. The van der Waals surface area contributed by atoms with E-state index in [9.17, 15) is 25.2 Å². The Bertz CT molecular complexity index is 753. The average Bonchev–Trinajstić information content (AvgIpc) is 3.07. The van der Waals surface area contributed by atoms with E-state index in [0.717, 1.165) is 25.7 Å². The minimum absolute atomic E-state index is 0.0132. The molecule has 0 amide bonds. The van der Waals surface area contributed by atoms with Gasteiger partial charge in [-0.05, 0) is 96.7 Å². The van der Waals surface area contributed by atoms with Gasteiger partial charge >= 0.3 is 0 Å². The lowest BCUT2D eigenvalue weighted by Gasteiger charge is -2.57. The highest BCUT2D eigenvalue weighted by Gasteiger charge is 2.61. The number of aliphatic hydroxyl groups is 4. The van der Waals surface area contributed by atoms with E-state index in [0.29, 0.717) is 61.1 Å². The Labute approximate surface area is 206 Å². The third kappa shape index (κ3) is 4.21. The lowest BCUT2D eigenvalue weighted by Crippen LogP contribution is -2.53. The lowest BCUT2D eigenvalue weighted by molar-refractivity contribution is -0.134. The fraction of sp³-hybridized carbons (Fsp3) is 0.966. The predicted octanol–water partition coefficient (Wildman–Crippen LogP) is 4.20. The summed E-state index contributed by atoms with van der Waals surface area (Å²) in [7, 11) is 0. The Hall–Kier alpha value is -0.490. The minimum atomic E-state index is -0.733. The van der Waals surface area contributed by atoms with E-state index in [1.807, 2.05) is 6.92 Å². The van der Waals surface area contributed by atoms with E-state index in [2.05, 4.69) is 34.6 Å². The molecule has 4 fully saturated rings. The molecule has 0 radical (unpaired) electrons. The van der Waals surface area contributed by atoms with Crippen molar-refractivity contribution >= 4 is 5.78 Å². The molecule has 0 aromatic carbocycles. The van der Waals surface area contributed by atoms with E-state index in [1.165, 1.54) is 0 Å². The molecule has 4 aliphatic carbocycles. The van der Waals surface area contributed by atoms with Gasteiger partial charge in [0.1, 0.15) is 5.78 Å². The number of fused-ring (bicyclic) bond motifs is 5. The number of ketones is 1. The predicted molar refractivity (Wildman–Crippen MR) is 133 cm³/mol. The number of hydrogen-bond donors (Lipinski definition) is 4. The van der Waals surface area contributed by atoms with Crippen LogP contribution in [-0.2, 0) is 4.79 Å². The van der Waals surface area contributed by atoms with Gasteiger partial charge in [0.15, 0.2) is 0 Å². The van der Waals surface area contributed by atoms with Gasteiger partial charge in [-0.25, -0.2) is 0 Å². The van der Waals surface area contributed by atoms with E-state index in [-0.39, 0.29) is 28.6 Å². The van der Waals surface area contributed by atoms with Crippen LogP contribution in [0.2, 0.25) is 0 Å². The highest BCUT2D eigenvalue weighted by atomic mass is 16.3. The summed E-state index contributed by atoms with van der Waals surface area (Å²) in [4.78, 5) is 13.2. The van der Waals surface area contributed by atoms with Crippen LogP contribution >= 0.6 is 0 Å². The molecule has 4 aliphatic rings. The molecule has 196 valence electrons. The lowest BCUT2D eigenvalue weighted by atomic mass is 9.48. The van der Waals surface area contributed by atoms with Crippen molar-refractivity contribution in [2.24, 2.45) is 58.2 Å². The van der Waals surface area contributed by atoms with Crippen molar-refractivity contribution in [3.63, 3.8) is 0 Å². The largest absolute Gasteiger partial charge is 0.390 e. The number of Topliss-reactive ketones (excluding diaryl/α,β-unsaturated/α-hetero) is 1. The first-order valence-electron chi connectivity index (χ1n) is 14.0. The van der Waals surface area contributed by atoms with Crippen LogP contribution in [0.3, 0.4) is 0 Å². The van der Waals surface area contributed by atoms with Crippen LogP contribution in [0.1, 0.15) is 92.9 Å². The first-order valence-corrected chi connectivity index (χ1v) is 14.0. The number of rotatable bonds is 5. The zero-order chi connectivity index (χ0) is 25.2. The van der Waals surface area contributed by atoms with Crippen molar-refractivity contribution in [2.45, 2.75) is 117 Å². The standard InChI is InChI=1S/C29H50O5/c1-15(2)16(3)26(33)27(34)17(4)21-7-8-22-20-13-19(30)11-18-12-24(31)25(32)14-29(18,6)23(20)9-10-28(21,22)5/h15-18,20-27,31-34H,7-14H2,1-6H3/t16-,17-,18-,20-,21+,22-,23-,24-,25+,26+,27+,28+,29-/m0/s1. The molecular weight excluding hydrogens is 428 g/mol. The van der Waals surface area contributed by atoms with Crippen LogP contribution in [0.4, 0.5) is 0 Å². The summed E-state index contributed by atoms with van der Waals surface area (Å²) in [6, 6.07) is 0. The van der Waals surface area contributed by atoms with E-state index in [4.69, 9.17) is 0 Å². The van der Waals surface area contributed by atoms with Crippen molar-refractivity contribution in [1.82, 2.24) is 0 Å². The maximum Gasteiger partial charge on any atom is 0.133 e. The van der Waals surface area contributed by atoms with Crippen LogP contribution in [0, 0.1) is 58.2 Å². The fourth-order valence-electron chi connectivity index (χ4n) is 9.41. The minimum Gasteiger partial charge on any atom is -0.390 e. The highest BCUT2D eigenvalue weighted by molar-refractivity contribution is 5.79. The molecule has 0 aromatic heterocycles. The zero-order valence-corrected chi connectivity index (χ0v) is 22.3. The SMILES string of the molecule is CC(C)[C@H](C)[C@@H](O)[C@H](O)[C@@H](C)[C@H]1CC[C@H]2[C@@H]3CC(=O)C[C@H]4C[C@H](O)[C@H](O)C[C@]4(C)[C@H]3CC[C@]12C. The van der Waals surface area contributed by atoms with Crippen LogP contribution in [0.15, 0.2) is 0 Å². The Balaban J connectivity index is 1.58. The van der Waals surface area contributed by atoms with Gasteiger partial charge in [0.2, 0.25) is 0 Å². The van der Waals surface area contributed by atoms with Crippen molar-refractivity contribution in [3.05, 3.63) is 0 Å². The molecule has 13 atom stereocenters. The van der Waals surface area contributed by atoms with Crippen molar-refractivity contribution in [3.8, 4) is 0 Å². The van der Waals surface area contributed by atoms with Crippen LogP contribution in [0.25, 0.3) is 0 Å². The number of carbonyl (C=O) groups excluding carboxylic acids is 1. The van der Waals surface area contributed by atoms with Crippen LogP contribution in [0.5, 0.6) is 0 Å². The Morgan fingerprint density at radius 3 is 2.15 bits per heavy atom.